The van der Waals surface area contributed by atoms with Crippen molar-refractivity contribution in [3.8, 4) is 67.8 Å². The zero-order valence-electron chi connectivity index (χ0n) is 40.5. The minimum atomic E-state index is 0. The first-order valence-electron chi connectivity index (χ1n) is 25.1. The van der Waals surface area contributed by atoms with Crippen LogP contribution in [0.2, 0.25) is 0 Å². The largest absolute Gasteiger partial charge is 2.00 e. The molecule has 0 radical (unpaired) electrons. The van der Waals surface area contributed by atoms with Crippen molar-refractivity contribution in [3.05, 3.63) is 219 Å². The molecule has 14 aromatic rings. The quantitative estimate of drug-likeness (QED) is 0.171. The van der Waals surface area contributed by atoms with Crippen molar-refractivity contribution < 1.29 is 21.1 Å². The first-order valence-corrected chi connectivity index (χ1v) is 25.1. The van der Waals surface area contributed by atoms with E-state index in [-0.39, 0.29) is 21.1 Å². The fourth-order valence-corrected chi connectivity index (χ4v) is 11.8. The predicted molar refractivity (Wildman–Crippen MR) is 301 cm³/mol. The molecule has 8 aromatic carbocycles. The summed E-state index contributed by atoms with van der Waals surface area (Å²) in [7, 11) is 0. The fraction of sp³-hybridized carbons (Fsp3) is 0. The van der Waals surface area contributed by atoms with Crippen LogP contribution in [-0.4, -0.2) is 49.1 Å². The normalized spacial score (nSPS) is 12.1. The van der Waals surface area contributed by atoms with Crippen molar-refractivity contribution in [2.75, 3.05) is 0 Å². The number of rotatable bonds is 4. The molecule has 0 amide bonds. The van der Waals surface area contributed by atoms with Gasteiger partial charge < -0.3 is 9.97 Å². The molecule has 3 aliphatic rings. The van der Waals surface area contributed by atoms with Crippen molar-refractivity contribution >= 4 is 86.7 Å². The average molecular weight is 1170 g/mol. The standard InChI is InChI=1S/C64H36N12.Pt/c1-2-14-38-30-46-45(29-37(38)13-1)53-61(73-25-9-21-65-73)55-47-31-39-15-3-4-16-40(39)32-48(47)57(70-55)63(75-27-11-23-67-75)59-51-35-43-19-7-8-20-44(43)36-52(51)60(72-59)64(76-28-12-24-68-76)58-50-34-42-18-6-5-17-41(42)33-49(50)56(71-58)62(54(46)69-53)74-26-10-22-66-74;/h1-36H;/q-2;+2. The van der Waals surface area contributed by atoms with Gasteiger partial charge in [-0.2, -0.15) is 20.4 Å². The zero-order chi connectivity index (χ0) is 49.6. The molecule has 6 aromatic heterocycles. The van der Waals surface area contributed by atoms with Gasteiger partial charge in [-0.05, 0) is 137 Å². The summed E-state index contributed by atoms with van der Waals surface area (Å²) in [5, 5.41) is 32.4. The van der Waals surface area contributed by atoms with Crippen LogP contribution < -0.4 is 9.97 Å². The molecule has 0 N–H and O–H groups in total. The molecule has 0 fully saturated rings. The number of benzene rings is 8. The third-order valence-corrected chi connectivity index (χ3v) is 15.2. The average Bonchev–Trinajstić information content (AvgIpc) is 4.39. The number of fused-ring (bicyclic) bond motifs is 4. The summed E-state index contributed by atoms with van der Waals surface area (Å²) in [5.41, 5.74) is 12.1. The Morgan fingerprint density at radius 3 is 0.701 bits per heavy atom. The van der Waals surface area contributed by atoms with Crippen LogP contribution in [0.1, 0.15) is 0 Å². The fourth-order valence-electron chi connectivity index (χ4n) is 11.8. The summed E-state index contributed by atoms with van der Waals surface area (Å²) in [6.45, 7) is 0. The summed E-state index contributed by atoms with van der Waals surface area (Å²) in [6.07, 6.45) is 15.1. The molecule has 77 heavy (non-hydrogen) atoms. The van der Waals surface area contributed by atoms with Crippen molar-refractivity contribution in [2.45, 2.75) is 0 Å². The van der Waals surface area contributed by atoms with E-state index in [9.17, 15) is 0 Å². The first-order chi connectivity index (χ1) is 37.7. The molecule has 362 valence electrons. The summed E-state index contributed by atoms with van der Waals surface area (Å²) in [4.78, 5) is 23.6. The maximum absolute atomic E-state index is 5.91. The van der Waals surface area contributed by atoms with E-state index in [1.807, 2.05) is 92.6 Å². The molecule has 13 heteroatoms. The zero-order valence-corrected chi connectivity index (χ0v) is 42.7. The van der Waals surface area contributed by atoms with E-state index in [0.29, 0.717) is 67.6 Å². The second-order valence-electron chi connectivity index (χ2n) is 19.4. The van der Waals surface area contributed by atoms with Crippen molar-refractivity contribution in [2.24, 2.45) is 0 Å². The van der Waals surface area contributed by atoms with Crippen molar-refractivity contribution in [3.63, 3.8) is 0 Å². The molecule has 0 atom stereocenters. The maximum atomic E-state index is 5.91. The number of aromatic nitrogens is 12. The van der Waals surface area contributed by atoms with E-state index in [0.717, 1.165) is 86.9 Å². The Morgan fingerprint density at radius 2 is 0.494 bits per heavy atom. The molecule has 0 saturated heterocycles. The van der Waals surface area contributed by atoms with Gasteiger partial charge in [0.15, 0.2) is 0 Å². The van der Waals surface area contributed by atoms with Crippen LogP contribution in [-0.2, 0) is 21.1 Å². The summed E-state index contributed by atoms with van der Waals surface area (Å²) in [6, 6.07) is 59.7. The third-order valence-electron chi connectivity index (χ3n) is 15.2. The minimum absolute atomic E-state index is 0. The van der Waals surface area contributed by atoms with Gasteiger partial charge in [0.05, 0.1) is 45.5 Å². The molecule has 8 bridgehead atoms. The van der Waals surface area contributed by atoms with Gasteiger partial charge in [0, 0.05) is 71.8 Å². The third kappa shape index (κ3) is 6.36. The molecule has 0 spiro atoms. The number of hydrogen-bond donors (Lipinski definition) is 0. The van der Waals surface area contributed by atoms with Crippen LogP contribution >= 0.6 is 0 Å². The van der Waals surface area contributed by atoms with E-state index >= 15 is 0 Å². The van der Waals surface area contributed by atoms with Crippen LogP contribution in [0.4, 0.5) is 0 Å². The molecule has 0 saturated carbocycles. The van der Waals surface area contributed by atoms with Gasteiger partial charge >= 0.3 is 21.1 Å². The summed E-state index contributed by atoms with van der Waals surface area (Å²) in [5.74, 6) is 0. The number of nitrogens with zero attached hydrogens (tertiary/aromatic N) is 12. The molecule has 1 aliphatic carbocycles. The number of hydrogen-bond acceptors (Lipinski definition) is 6. The maximum Gasteiger partial charge on any atom is 2.00 e. The topological polar surface area (TPSA) is 125 Å². The predicted octanol–water partition coefficient (Wildman–Crippen LogP) is 13.9. The van der Waals surface area contributed by atoms with Gasteiger partial charge in [0.1, 0.15) is 0 Å². The van der Waals surface area contributed by atoms with E-state index < -0.39 is 0 Å². The van der Waals surface area contributed by atoms with Crippen LogP contribution in [0.25, 0.3) is 154 Å². The van der Waals surface area contributed by atoms with Gasteiger partial charge in [-0.15, -0.1) is 0 Å². The van der Waals surface area contributed by atoms with Crippen molar-refractivity contribution in [1.82, 2.24) is 59.1 Å². The Balaban J connectivity index is 0.00000498. The molecule has 8 heterocycles. The van der Waals surface area contributed by atoms with Gasteiger partial charge in [0.2, 0.25) is 0 Å². The van der Waals surface area contributed by atoms with Gasteiger partial charge in [-0.25, -0.2) is 28.7 Å². The Bertz CT molecular complexity index is 4480. The summed E-state index contributed by atoms with van der Waals surface area (Å²) >= 11 is 0. The molecular weight excluding hydrogens is 1130 g/mol. The van der Waals surface area contributed by atoms with Gasteiger partial charge in [0.25, 0.3) is 0 Å². The van der Waals surface area contributed by atoms with Crippen LogP contribution in [0.15, 0.2) is 219 Å². The first kappa shape index (κ1) is 43.4. The van der Waals surface area contributed by atoms with Crippen LogP contribution in [0.5, 0.6) is 0 Å². The Hall–Kier alpha value is -10.0. The monoisotopic (exact) mass is 1170 g/mol. The second-order valence-corrected chi connectivity index (χ2v) is 19.4. The van der Waals surface area contributed by atoms with E-state index in [2.05, 4.69) is 146 Å². The summed E-state index contributed by atoms with van der Waals surface area (Å²) < 4.78 is 7.66. The molecular formula is C64H36N12Pt. The second kappa shape index (κ2) is 16.5. The van der Waals surface area contributed by atoms with Crippen LogP contribution in [0.3, 0.4) is 0 Å². The molecule has 12 nitrogen and oxygen atoms in total. The van der Waals surface area contributed by atoms with Gasteiger partial charge in [-0.1, -0.05) is 119 Å². The van der Waals surface area contributed by atoms with Crippen molar-refractivity contribution in [1.29, 1.82) is 0 Å². The Kier molecular flexibility index (Phi) is 9.29. The smallest absolute Gasteiger partial charge is 0.653 e. The SMILES string of the molecule is [Pt+2].c1ccc2cc3c(cc2c1)-c1nc-3c(-n2cccn2)c2[n-]c(c(-n3cccn3)c3nc(c(-n4cccn4)c4[n-]c(c1-n1cccn1)c1cc5ccccc5cc41)-c1cc4ccccc4cc1-3)c1cc3ccccc3cc21. The molecule has 17 rings (SSSR count). The van der Waals surface area contributed by atoms with Crippen LogP contribution in [0, 0.1) is 0 Å². The Morgan fingerprint density at radius 1 is 0.273 bits per heavy atom. The molecule has 2 aliphatic heterocycles. The molecule has 0 unspecified atom stereocenters. The van der Waals surface area contributed by atoms with Gasteiger partial charge in [-0.3, -0.25) is 0 Å². The van der Waals surface area contributed by atoms with E-state index in [1.54, 1.807) is 0 Å². The van der Waals surface area contributed by atoms with E-state index in [4.69, 9.17) is 40.3 Å². The Labute approximate surface area is 451 Å². The van der Waals surface area contributed by atoms with E-state index in [1.165, 1.54) is 0 Å². The minimum Gasteiger partial charge on any atom is -0.653 e.